The van der Waals surface area contributed by atoms with Crippen LogP contribution in [0.4, 0.5) is 5.69 Å². The number of nitrogens with zero attached hydrogens (tertiary/aromatic N) is 2. The molecule has 1 heterocycles. The Morgan fingerprint density at radius 1 is 0.938 bits per heavy atom. The molecule has 0 fully saturated rings. The molecule has 7 nitrogen and oxygen atoms in total. The first-order chi connectivity index (χ1) is 15.6. The van der Waals surface area contributed by atoms with Gasteiger partial charge in [-0.3, -0.25) is 4.79 Å². The van der Waals surface area contributed by atoms with Crippen molar-refractivity contribution in [3.8, 4) is 34.3 Å². The Labute approximate surface area is 186 Å². The summed E-state index contributed by atoms with van der Waals surface area (Å²) in [6.07, 6.45) is 0. The largest absolute Gasteiger partial charge is 0.492 e. The lowest BCUT2D eigenvalue weighted by molar-refractivity contribution is -0.118. The summed E-state index contributed by atoms with van der Waals surface area (Å²) < 4.78 is 16.8. The van der Waals surface area contributed by atoms with E-state index in [4.69, 9.17) is 14.0 Å². The van der Waals surface area contributed by atoms with E-state index in [0.717, 1.165) is 11.1 Å². The number of aromatic nitrogens is 2. The van der Waals surface area contributed by atoms with Crippen LogP contribution in [0.15, 0.2) is 77.3 Å². The summed E-state index contributed by atoms with van der Waals surface area (Å²) in [5.74, 6) is 1.58. The first kappa shape index (κ1) is 21.1. The van der Waals surface area contributed by atoms with Crippen LogP contribution in [0.1, 0.15) is 12.5 Å². The summed E-state index contributed by atoms with van der Waals surface area (Å²) >= 11 is 0. The Balaban J connectivity index is 1.46. The minimum absolute atomic E-state index is 0.184. The summed E-state index contributed by atoms with van der Waals surface area (Å²) in [6, 6.07) is 22.4. The van der Waals surface area contributed by atoms with E-state index in [1.54, 1.807) is 18.2 Å². The maximum Gasteiger partial charge on any atom is 0.262 e. The predicted molar refractivity (Wildman–Crippen MR) is 122 cm³/mol. The van der Waals surface area contributed by atoms with Gasteiger partial charge in [0.05, 0.1) is 17.9 Å². The average molecular weight is 429 g/mol. The van der Waals surface area contributed by atoms with Crippen molar-refractivity contribution in [2.24, 2.45) is 0 Å². The highest BCUT2D eigenvalue weighted by molar-refractivity contribution is 5.93. The number of rotatable bonds is 8. The number of para-hydroxylation sites is 3. The molecule has 7 heteroatoms. The van der Waals surface area contributed by atoms with Crippen molar-refractivity contribution in [1.82, 2.24) is 10.1 Å². The predicted octanol–water partition coefficient (Wildman–Crippen LogP) is 5.13. The van der Waals surface area contributed by atoms with Gasteiger partial charge in [0.25, 0.3) is 11.8 Å². The van der Waals surface area contributed by atoms with Crippen LogP contribution in [0.3, 0.4) is 0 Å². The van der Waals surface area contributed by atoms with Crippen molar-refractivity contribution in [3.63, 3.8) is 0 Å². The van der Waals surface area contributed by atoms with Crippen LogP contribution in [-0.2, 0) is 4.79 Å². The molecule has 0 aliphatic rings. The number of nitrogens with one attached hydrogen (secondary N) is 1. The fourth-order valence-electron chi connectivity index (χ4n) is 3.10. The molecule has 0 bridgehead atoms. The van der Waals surface area contributed by atoms with Crippen LogP contribution in [0.2, 0.25) is 0 Å². The summed E-state index contributed by atoms with van der Waals surface area (Å²) in [4.78, 5) is 17.0. The SMILES string of the molecule is CCOc1ccccc1NC(=O)COc1ccccc1-c1nc(-c2ccc(C)cc2)no1. The normalized spacial score (nSPS) is 10.6. The summed E-state index contributed by atoms with van der Waals surface area (Å²) in [7, 11) is 0. The molecule has 1 aromatic heterocycles. The van der Waals surface area contributed by atoms with Crippen molar-refractivity contribution >= 4 is 11.6 Å². The Morgan fingerprint density at radius 3 is 2.44 bits per heavy atom. The minimum Gasteiger partial charge on any atom is -0.492 e. The lowest BCUT2D eigenvalue weighted by Gasteiger charge is -2.12. The molecule has 0 aliphatic heterocycles. The van der Waals surface area contributed by atoms with Crippen LogP contribution in [0.25, 0.3) is 22.8 Å². The smallest absolute Gasteiger partial charge is 0.262 e. The first-order valence-corrected chi connectivity index (χ1v) is 10.3. The zero-order chi connectivity index (χ0) is 22.3. The molecule has 0 atom stereocenters. The maximum atomic E-state index is 12.5. The van der Waals surface area contributed by atoms with Gasteiger partial charge in [0, 0.05) is 5.56 Å². The molecule has 0 saturated carbocycles. The average Bonchev–Trinajstić information content (AvgIpc) is 3.30. The van der Waals surface area contributed by atoms with Gasteiger partial charge in [-0.05, 0) is 38.1 Å². The van der Waals surface area contributed by atoms with E-state index in [9.17, 15) is 4.79 Å². The highest BCUT2D eigenvalue weighted by atomic mass is 16.5. The van der Waals surface area contributed by atoms with E-state index >= 15 is 0 Å². The molecule has 4 aromatic rings. The second kappa shape index (κ2) is 9.78. The van der Waals surface area contributed by atoms with Crippen LogP contribution >= 0.6 is 0 Å². The second-order valence-electron chi connectivity index (χ2n) is 7.05. The first-order valence-electron chi connectivity index (χ1n) is 10.3. The molecule has 1 amide bonds. The van der Waals surface area contributed by atoms with Crippen molar-refractivity contribution in [1.29, 1.82) is 0 Å². The summed E-state index contributed by atoms with van der Waals surface area (Å²) in [5, 5.41) is 6.89. The van der Waals surface area contributed by atoms with Crippen molar-refractivity contribution in [2.45, 2.75) is 13.8 Å². The summed E-state index contributed by atoms with van der Waals surface area (Å²) in [5.41, 5.74) is 3.21. The Bertz CT molecular complexity index is 1200. The fraction of sp³-hybridized carbons (Fsp3) is 0.160. The minimum atomic E-state index is -0.308. The van der Waals surface area contributed by atoms with Gasteiger partial charge < -0.3 is 19.3 Å². The number of aryl methyl sites for hydroxylation is 1. The van der Waals surface area contributed by atoms with Gasteiger partial charge in [-0.15, -0.1) is 0 Å². The van der Waals surface area contributed by atoms with E-state index in [2.05, 4.69) is 15.5 Å². The van der Waals surface area contributed by atoms with Gasteiger partial charge in [-0.2, -0.15) is 4.98 Å². The monoisotopic (exact) mass is 429 g/mol. The molecule has 4 rings (SSSR count). The van der Waals surface area contributed by atoms with Crippen LogP contribution in [-0.4, -0.2) is 29.3 Å². The third-order valence-corrected chi connectivity index (χ3v) is 4.67. The van der Waals surface area contributed by atoms with Crippen molar-refractivity contribution in [2.75, 3.05) is 18.5 Å². The molecular formula is C25H23N3O4. The molecule has 0 aliphatic carbocycles. The van der Waals surface area contributed by atoms with Gasteiger partial charge >= 0.3 is 0 Å². The number of carbonyl (C=O) groups is 1. The number of ether oxygens (including phenoxy) is 2. The van der Waals surface area contributed by atoms with Crippen LogP contribution in [0.5, 0.6) is 11.5 Å². The zero-order valence-electron chi connectivity index (χ0n) is 17.9. The third-order valence-electron chi connectivity index (χ3n) is 4.67. The molecule has 0 radical (unpaired) electrons. The van der Waals surface area contributed by atoms with Crippen LogP contribution in [0, 0.1) is 6.92 Å². The molecule has 1 N–H and O–H groups in total. The molecule has 3 aromatic carbocycles. The summed E-state index contributed by atoms with van der Waals surface area (Å²) in [6.45, 7) is 4.23. The zero-order valence-corrected chi connectivity index (χ0v) is 17.9. The molecule has 162 valence electrons. The number of carbonyl (C=O) groups excluding carboxylic acids is 1. The van der Waals surface area contributed by atoms with Crippen LogP contribution < -0.4 is 14.8 Å². The van der Waals surface area contributed by atoms with E-state index in [1.807, 2.05) is 68.4 Å². The van der Waals surface area contributed by atoms with Gasteiger partial charge in [-0.1, -0.05) is 59.3 Å². The molecule has 0 saturated heterocycles. The fourth-order valence-corrected chi connectivity index (χ4v) is 3.10. The Morgan fingerprint density at radius 2 is 1.66 bits per heavy atom. The van der Waals surface area contributed by atoms with Gasteiger partial charge in [-0.25, -0.2) is 0 Å². The van der Waals surface area contributed by atoms with E-state index in [0.29, 0.717) is 41.1 Å². The lowest BCUT2D eigenvalue weighted by Crippen LogP contribution is -2.20. The molecule has 0 unspecified atom stereocenters. The van der Waals surface area contributed by atoms with E-state index < -0.39 is 0 Å². The number of anilines is 1. The second-order valence-corrected chi connectivity index (χ2v) is 7.05. The van der Waals surface area contributed by atoms with Crippen molar-refractivity contribution < 1.29 is 18.8 Å². The third kappa shape index (κ3) is 4.95. The number of hydrogen-bond donors (Lipinski definition) is 1. The van der Waals surface area contributed by atoms with E-state index in [1.165, 1.54) is 0 Å². The maximum absolute atomic E-state index is 12.5. The van der Waals surface area contributed by atoms with E-state index in [-0.39, 0.29) is 12.5 Å². The Hall–Kier alpha value is -4.13. The Kier molecular flexibility index (Phi) is 6.46. The quantitative estimate of drug-likeness (QED) is 0.418. The number of amides is 1. The molecule has 32 heavy (non-hydrogen) atoms. The molecular weight excluding hydrogens is 406 g/mol. The van der Waals surface area contributed by atoms with Crippen molar-refractivity contribution in [3.05, 3.63) is 78.4 Å². The number of benzene rings is 3. The van der Waals surface area contributed by atoms with Gasteiger partial charge in [0.1, 0.15) is 11.5 Å². The highest BCUT2D eigenvalue weighted by Gasteiger charge is 2.16. The lowest BCUT2D eigenvalue weighted by atomic mass is 10.1. The standard InChI is InChI=1S/C25H23N3O4/c1-3-30-22-11-7-5-9-20(22)26-23(29)16-31-21-10-6-4-8-19(21)25-27-24(28-32-25)18-14-12-17(2)13-15-18/h4-15H,3,16H2,1-2H3,(H,26,29). The van der Waals surface area contributed by atoms with Gasteiger partial charge in [0.2, 0.25) is 5.82 Å². The molecule has 0 spiro atoms. The topological polar surface area (TPSA) is 86.5 Å². The van der Waals surface area contributed by atoms with Gasteiger partial charge in [0.15, 0.2) is 6.61 Å². The number of hydrogen-bond acceptors (Lipinski definition) is 6. The highest BCUT2D eigenvalue weighted by Crippen LogP contribution is 2.30.